The maximum absolute atomic E-state index is 13.9. The highest BCUT2D eigenvalue weighted by Crippen LogP contribution is 2.27. The minimum absolute atomic E-state index is 0.0379. The van der Waals surface area contributed by atoms with Crippen LogP contribution in [0.4, 0.5) is 10.1 Å². The van der Waals surface area contributed by atoms with E-state index in [4.69, 9.17) is 0 Å². The molecule has 4 nitrogen and oxygen atoms in total. The summed E-state index contributed by atoms with van der Waals surface area (Å²) in [5.74, 6) is -0.0921. The summed E-state index contributed by atoms with van der Waals surface area (Å²) in [4.78, 5) is 15.7. The molecule has 31 heavy (non-hydrogen) atoms. The van der Waals surface area contributed by atoms with E-state index in [-0.39, 0.29) is 17.8 Å². The van der Waals surface area contributed by atoms with Crippen molar-refractivity contribution in [3.63, 3.8) is 0 Å². The largest absolute Gasteiger partial charge is 0.322 e. The van der Waals surface area contributed by atoms with Gasteiger partial charge >= 0.3 is 0 Å². The summed E-state index contributed by atoms with van der Waals surface area (Å²) in [6, 6.07) is 24.9. The molecule has 3 aromatic carbocycles. The normalized spacial score (nSPS) is 19.5. The summed E-state index contributed by atoms with van der Waals surface area (Å²) in [5, 5.41) is 3.15. The molecule has 0 unspecified atom stereocenters. The lowest BCUT2D eigenvalue weighted by Crippen LogP contribution is -3.29. The first kappa shape index (κ1) is 21.2. The highest BCUT2D eigenvalue weighted by molar-refractivity contribution is 5.97. The summed E-state index contributed by atoms with van der Waals surface area (Å²) >= 11 is 0. The number of hydrogen-bond acceptors (Lipinski definition) is 1. The molecule has 0 aliphatic carbocycles. The number of benzene rings is 3. The van der Waals surface area contributed by atoms with Crippen molar-refractivity contribution >= 4 is 11.6 Å². The number of hydrogen-bond donors (Lipinski definition) is 3. The van der Waals surface area contributed by atoms with E-state index in [1.165, 1.54) is 15.9 Å². The second-order valence-corrected chi connectivity index (χ2v) is 8.30. The summed E-state index contributed by atoms with van der Waals surface area (Å²) in [5.41, 5.74) is 3.72. The van der Waals surface area contributed by atoms with Gasteiger partial charge in [-0.05, 0) is 24.6 Å². The lowest BCUT2D eigenvalue weighted by molar-refractivity contribution is -1.02. The number of carbonyl (C=O) groups is 1. The van der Waals surface area contributed by atoms with Gasteiger partial charge in [-0.15, -0.1) is 0 Å². The molecule has 1 amide bonds. The van der Waals surface area contributed by atoms with E-state index < -0.39 is 0 Å². The van der Waals surface area contributed by atoms with Crippen molar-refractivity contribution in [1.82, 2.24) is 0 Å². The Balaban J connectivity index is 1.35. The standard InChI is InChI=1S/C26H28FN3O/c1-20(30-17-15-29(16-18-30)19-22-11-5-7-13-24(22)27)26(31)28-25-14-8-6-12-23(25)21-9-3-2-4-10-21/h2-14,20H,15-19H2,1H3,(H,28,31)/p+2/t20-/m0/s1. The van der Waals surface area contributed by atoms with Gasteiger partial charge in [0.2, 0.25) is 0 Å². The van der Waals surface area contributed by atoms with Gasteiger partial charge < -0.3 is 15.1 Å². The molecular formula is C26H30FN3O+2. The molecule has 0 radical (unpaired) electrons. The van der Waals surface area contributed by atoms with Crippen molar-refractivity contribution in [2.75, 3.05) is 31.5 Å². The van der Waals surface area contributed by atoms with E-state index >= 15 is 0 Å². The minimum Gasteiger partial charge on any atom is -0.322 e. The van der Waals surface area contributed by atoms with Gasteiger partial charge in [-0.3, -0.25) is 4.79 Å². The Morgan fingerprint density at radius 3 is 2.29 bits per heavy atom. The fourth-order valence-electron chi connectivity index (χ4n) is 4.33. The molecule has 1 aliphatic heterocycles. The zero-order valence-electron chi connectivity index (χ0n) is 17.9. The Labute approximate surface area is 183 Å². The smallest absolute Gasteiger partial charge is 0.282 e. The lowest BCUT2D eigenvalue weighted by Gasteiger charge is -2.32. The molecule has 0 aromatic heterocycles. The van der Waals surface area contributed by atoms with E-state index in [0.29, 0.717) is 6.54 Å². The molecule has 1 heterocycles. The summed E-state index contributed by atoms with van der Waals surface area (Å²) in [6.45, 7) is 6.36. The van der Waals surface area contributed by atoms with Crippen molar-refractivity contribution in [2.45, 2.75) is 19.5 Å². The van der Waals surface area contributed by atoms with Crippen molar-refractivity contribution in [1.29, 1.82) is 0 Å². The first-order valence-electron chi connectivity index (χ1n) is 11.0. The number of halogens is 1. The average Bonchev–Trinajstić information content (AvgIpc) is 2.81. The van der Waals surface area contributed by atoms with E-state index in [1.54, 1.807) is 6.07 Å². The molecule has 5 heteroatoms. The monoisotopic (exact) mass is 419 g/mol. The molecule has 3 N–H and O–H groups in total. The summed E-state index contributed by atoms with van der Waals surface area (Å²) in [6.07, 6.45) is 0. The molecule has 4 rings (SSSR count). The second-order valence-electron chi connectivity index (χ2n) is 8.30. The summed E-state index contributed by atoms with van der Waals surface area (Å²) in [7, 11) is 0. The molecule has 0 spiro atoms. The van der Waals surface area contributed by atoms with Crippen LogP contribution < -0.4 is 15.1 Å². The third-order valence-corrected chi connectivity index (χ3v) is 6.27. The number of piperazine rings is 1. The van der Waals surface area contributed by atoms with Crippen molar-refractivity contribution < 1.29 is 19.0 Å². The van der Waals surface area contributed by atoms with Crippen LogP contribution in [0.25, 0.3) is 11.1 Å². The molecule has 3 aromatic rings. The van der Waals surface area contributed by atoms with Crippen LogP contribution in [0.2, 0.25) is 0 Å². The highest BCUT2D eigenvalue weighted by Gasteiger charge is 2.31. The van der Waals surface area contributed by atoms with Gasteiger partial charge in [-0.2, -0.15) is 0 Å². The fraction of sp³-hybridized carbons (Fsp3) is 0.269. The van der Waals surface area contributed by atoms with Crippen LogP contribution in [0.1, 0.15) is 12.5 Å². The zero-order valence-corrected chi connectivity index (χ0v) is 17.9. The van der Waals surface area contributed by atoms with Gasteiger partial charge in [0.25, 0.3) is 5.91 Å². The number of carbonyl (C=O) groups excluding carboxylic acids is 1. The van der Waals surface area contributed by atoms with Crippen LogP contribution in [0.3, 0.4) is 0 Å². The van der Waals surface area contributed by atoms with Crippen LogP contribution in [0, 0.1) is 5.82 Å². The maximum Gasteiger partial charge on any atom is 0.282 e. The molecule has 1 fully saturated rings. The van der Waals surface area contributed by atoms with Crippen LogP contribution in [0.15, 0.2) is 78.9 Å². The summed E-state index contributed by atoms with van der Waals surface area (Å²) < 4.78 is 13.9. The molecular weight excluding hydrogens is 389 g/mol. The lowest BCUT2D eigenvalue weighted by atomic mass is 10.0. The molecule has 1 saturated heterocycles. The van der Waals surface area contributed by atoms with Gasteiger partial charge in [0.15, 0.2) is 6.04 Å². The van der Waals surface area contributed by atoms with Gasteiger partial charge in [0.1, 0.15) is 38.5 Å². The maximum atomic E-state index is 13.9. The van der Waals surface area contributed by atoms with Gasteiger partial charge in [0, 0.05) is 16.8 Å². The number of anilines is 1. The molecule has 1 atom stereocenters. The topological polar surface area (TPSA) is 38.0 Å². The number of para-hydroxylation sites is 1. The third kappa shape index (κ3) is 5.19. The second kappa shape index (κ2) is 9.86. The number of nitrogens with one attached hydrogen (secondary N) is 3. The van der Waals surface area contributed by atoms with Crippen LogP contribution >= 0.6 is 0 Å². The highest BCUT2D eigenvalue weighted by atomic mass is 19.1. The predicted octanol–water partition coefficient (Wildman–Crippen LogP) is 1.80. The number of amides is 1. The molecule has 1 aliphatic rings. The molecule has 0 saturated carbocycles. The van der Waals surface area contributed by atoms with Crippen LogP contribution in [-0.4, -0.2) is 38.1 Å². The number of rotatable bonds is 6. The van der Waals surface area contributed by atoms with Gasteiger partial charge in [0.05, 0.1) is 0 Å². The Bertz CT molecular complexity index is 1020. The minimum atomic E-state index is -0.140. The fourth-order valence-corrected chi connectivity index (χ4v) is 4.33. The SMILES string of the molecule is C[C@@H](C(=O)Nc1ccccc1-c1ccccc1)[NH+]1CC[NH+](Cc2ccccc2F)CC1. The first-order valence-corrected chi connectivity index (χ1v) is 11.0. The molecule has 0 bridgehead atoms. The zero-order chi connectivity index (χ0) is 21.6. The van der Waals surface area contributed by atoms with Gasteiger partial charge in [-0.1, -0.05) is 66.7 Å². The number of quaternary nitrogens is 2. The average molecular weight is 420 g/mol. The van der Waals surface area contributed by atoms with Gasteiger partial charge in [-0.25, -0.2) is 4.39 Å². The van der Waals surface area contributed by atoms with Crippen molar-refractivity contribution in [2.24, 2.45) is 0 Å². The molecule has 160 valence electrons. The van der Waals surface area contributed by atoms with Crippen LogP contribution in [0.5, 0.6) is 0 Å². The van der Waals surface area contributed by atoms with E-state index in [9.17, 15) is 9.18 Å². The van der Waals surface area contributed by atoms with E-state index in [2.05, 4.69) is 17.4 Å². The van der Waals surface area contributed by atoms with Crippen LogP contribution in [-0.2, 0) is 11.3 Å². The van der Waals surface area contributed by atoms with E-state index in [0.717, 1.165) is 48.6 Å². The predicted molar refractivity (Wildman–Crippen MR) is 121 cm³/mol. The quantitative estimate of drug-likeness (QED) is 0.560. The third-order valence-electron chi connectivity index (χ3n) is 6.27. The van der Waals surface area contributed by atoms with Crippen molar-refractivity contribution in [3.05, 3.63) is 90.2 Å². The van der Waals surface area contributed by atoms with Crippen molar-refractivity contribution in [3.8, 4) is 11.1 Å². The Morgan fingerprint density at radius 2 is 1.55 bits per heavy atom. The van der Waals surface area contributed by atoms with E-state index in [1.807, 2.05) is 61.5 Å². The Morgan fingerprint density at radius 1 is 0.903 bits per heavy atom. The Hall–Kier alpha value is -3.02. The Kier molecular flexibility index (Phi) is 6.75. The first-order chi connectivity index (χ1) is 15.1.